The summed E-state index contributed by atoms with van der Waals surface area (Å²) in [5.74, 6) is -3.63. The number of aliphatic carboxylic acids is 2. The minimum absolute atomic E-state index is 0. The van der Waals surface area contributed by atoms with Gasteiger partial charge in [0.1, 0.15) is 0 Å². The molecule has 0 radical (unpaired) electrons. The summed E-state index contributed by atoms with van der Waals surface area (Å²) in [7, 11) is 0. The van der Waals surface area contributed by atoms with Crippen LogP contribution in [-0.4, -0.2) is 125 Å². The van der Waals surface area contributed by atoms with Gasteiger partial charge in [0, 0.05) is 30.3 Å². The van der Waals surface area contributed by atoms with Crippen molar-refractivity contribution in [2.24, 2.45) is 0 Å². The first-order valence-electron chi connectivity index (χ1n) is 10.1. The van der Waals surface area contributed by atoms with Crippen LogP contribution in [0.2, 0.25) is 0 Å². The number of H-pyrrole nitrogens is 1. The molecule has 2 aromatic rings. The molecule has 220 valence electrons. The van der Waals surface area contributed by atoms with Gasteiger partial charge in [0.15, 0.2) is 11.5 Å². The van der Waals surface area contributed by atoms with E-state index in [2.05, 4.69) is 25.9 Å². The van der Waals surface area contributed by atoms with Gasteiger partial charge in [-0.05, 0) is 37.1 Å². The number of nitrogens with zero attached hydrogens (tertiary/aromatic N) is 2. The number of nitrogens with two attached hydrogens (primary N) is 1. The second kappa shape index (κ2) is 19.5. The summed E-state index contributed by atoms with van der Waals surface area (Å²) < 4.78 is 0. The number of hydrogen-bond donors (Lipinski definition) is 5. The largest absolute Gasteiger partial charge is 2.00 e. The van der Waals surface area contributed by atoms with E-state index in [9.17, 15) is 34.2 Å². The first-order chi connectivity index (χ1) is 16.2. The Morgan fingerprint density at radius 2 is 1.73 bits per heavy atom. The van der Waals surface area contributed by atoms with Gasteiger partial charge in [0.2, 0.25) is 12.4 Å². The molecular formula is C20H31CaN7O12. The molecule has 19 nitrogen and oxygen atoms in total. The molecule has 1 aliphatic rings. The van der Waals surface area contributed by atoms with Gasteiger partial charge in [0.25, 0.3) is 11.5 Å². The fourth-order valence-electron chi connectivity index (χ4n) is 3.38. The maximum absolute atomic E-state index is 12.3. The van der Waals surface area contributed by atoms with Crippen LogP contribution < -0.4 is 42.4 Å². The monoisotopic (exact) mass is 601 g/mol. The van der Waals surface area contributed by atoms with Crippen molar-refractivity contribution in [2.45, 2.75) is 24.9 Å². The summed E-state index contributed by atoms with van der Waals surface area (Å²) in [6.45, 7) is 0.544. The molecule has 3 rings (SSSR count). The van der Waals surface area contributed by atoms with E-state index in [0.29, 0.717) is 18.6 Å². The molecule has 1 aromatic carbocycles. The molecule has 0 fully saturated rings. The maximum Gasteiger partial charge on any atom is 2.00 e. The van der Waals surface area contributed by atoms with E-state index in [-0.39, 0.29) is 101 Å². The van der Waals surface area contributed by atoms with E-state index >= 15 is 0 Å². The van der Waals surface area contributed by atoms with Gasteiger partial charge in [0.05, 0.1) is 18.1 Å². The normalized spacial score (nSPS) is 13.1. The average molecular weight is 602 g/mol. The van der Waals surface area contributed by atoms with Crippen LogP contribution in [0.5, 0.6) is 0 Å². The predicted octanol–water partition coefficient (Wildman–Crippen LogP) is -7.90. The molecule has 2 heterocycles. The van der Waals surface area contributed by atoms with Crippen molar-refractivity contribution in [3.05, 3.63) is 40.2 Å². The Balaban J connectivity index is -0.00000108. The third-order valence-corrected chi connectivity index (χ3v) is 5.10. The summed E-state index contributed by atoms with van der Waals surface area (Å²) in [6, 6.07) is 4.08. The van der Waals surface area contributed by atoms with Crippen molar-refractivity contribution in [3.63, 3.8) is 0 Å². The molecule has 1 aromatic heterocycles. The zero-order valence-corrected chi connectivity index (χ0v) is 23.1. The molecule has 2 atom stereocenters. The predicted molar refractivity (Wildman–Crippen MR) is 139 cm³/mol. The van der Waals surface area contributed by atoms with Gasteiger partial charge in [-0.1, -0.05) is 0 Å². The molecule has 0 unspecified atom stereocenters. The number of carbonyl (C=O) groups excluding carboxylic acids is 4. The van der Waals surface area contributed by atoms with Crippen molar-refractivity contribution >= 4 is 85.1 Å². The van der Waals surface area contributed by atoms with Gasteiger partial charge in [-0.3, -0.25) is 19.4 Å². The van der Waals surface area contributed by atoms with Gasteiger partial charge in [-0.15, -0.1) is 0 Å². The summed E-state index contributed by atoms with van der Waals surface area (Å²) in [5.41, 5.74) is 5.75. The van der Waals surface area contributed by atoms with Crippen molar-refractivity contribution in [2.75, 3.05) is 34.4 Å². The minimum Gasteiger partial charge on any atom is -0.550 e. The molecule has 0 aliphatic carbocycles. The number of amides is 2. The Kier molecular flexibility index (Phi) is 21.2. The smallest absolute Gasteiger partial charge is 0.550 e. The third-order valence-electron chi connectivity index (χ3n) is 5.10. The van der Waals surface area contributed by atoms with Gasteiger partial charge >= 0.3 is 37.7 Å². The number of rotatable bonds is 10. The number of carbonyl (C=O) groups is 4. The van der Waals surface area contributed by atoms with Crippen LogP contribution in [0.15, 0.2) is 29.1 Å². The standard InChI is InChI=1S/C20H23N7O7.Ca.5H2O/c21-20-25-16-15(18(32)26-20)27(9-28)12(8-23-16)7-22-11-3-1-10(2-4-11)17(31)24-13(19(33)34)5-6-14(29)30;;;;;;/h1-4,9,12-13,22H,5-8H2,(H,24,31)(H,29,30)(H,33,34)(H4,21,23,25,26,32);;5*1H2/q;+2;;;;;/p-2/t12-,13+;;;;;;/m1....../s1. The van der Waals surface area contributed by atoms with E-state index in [1.807, 2.05) is 0 Å². The molecular weight excluding hydrogens is 570 g/mol. The van der Waals surface area contributed by atoms with Crippen LogP contribution in [0.1, 0.15) is 23.2 Å². The van der Waals surface area contributed by atoms with Crippen molar-refractivity contribution in [1.29, 1.82) is 0 Å². The summed E-state index contributed by atoms with van der Waals surface area (Å²) >= 11 is 0. The molecule has 1 aliphatic heterocycles. The van der Waals surface area contributed by atoms with Crippen LogP contribution in [-0.2, 0) is 14.4 Å². The number of carboxylic acid groups (broad SMARTS) is 2. The average Bonchev–Trinajstić information content (AvgIpc) is 2.79. The van der Waals surface area contributed by atoms with Gasteiger partial charge in [-0.2, -0.15) is 4.98 Å². The molecule has 40 heavy (non-hydrogen) atoms. The van der Waals surface area contributed by atoms with E-state index in [4.69, 9.17) is 5.73 Å². The Hall–Kier alpha value is -3.56. The van der Waals surface area contributed by atoms with Gasteiger partial charge < -0.3 is 73.8 Å². The topological polar surface area (TPSA) is 383 Å². The summed E-state index contributed by atoms with van der Waals surface area (Å²) in [6.07, 6.45) is -0.386. The van der Waals surface area contributed by atoms with Gasteiger partial charge in [-0.25, -0.2) is 0 Å². The Morgan fingerprint density at radius 3 is 2.25 bits per heavy atom. The van der Waals surface area contributed by atoms with E-state index < -0.39 is 41.9 Å². The number of aromatic nitrogens is 2. The fraction of sp³-hybridized carbons (Fsp3) is 0.300. The van der Waals surface area contributed by atoms with E-state index in [0.717, 1.165) is 0 Å². The summed E-state index contributed by atoms with van der Waals surface area (Å²) in [5, 5.41) is 29.9. The van der Waals surface area contributed by atoms with Crippen LogP contribution in [0.25, 0.3) is 0 Å². The Morgan fingerprint density at radius 1 is 1.12 bits per heavy atom. The Bertz CT molecular complexity index is 1170. The zero-order chi connectivity index (χ0) is 24.8. The van der Waals surface area contributed by atoms with Crippen LogP contribution >= 0.6 is 0 Å². The van der Waals surface area contributed by atoms with Crippen molar-refractivity contribution < 1.29 is 56.8 Å². The molecule has 20 heteroatoms. The molecule has 16 N–H and O–H groups in total. The van der Waals surface area contributed by atoms with E-state index in [1.54, 1.807) is 12.1 Å². The van der Waals surface area contributed by atoms with Crippen LogP contribution in [0.4, 0.5) is 23.1 Å². The molecule has 0 saturated heterocycles. The first-order valence-corrected chi connectivity index (χ1v) is 10.1. The zero-order valence-electron chi connectivity index (χ0n) is 20.9. The molecule has 0 bridgehead atoms. The number of nitrogens with one attached hydrogen (secondary N) is 4. The molecule has 0 saturated carbocycles. The minimum atomic E-state index is -1.60. The number of anilines is 4. The number of nitrogen functional groups attached to an aromatic ring is 1. The van der Waals surface area contributed by atoms with Crippen molar-refractivity contribution in [3.8, 4) is 0 Å². The second-order valence-electron chi connectivity index (χ2n) is 7.41. The number of benzene rings is 1. The fourth-order valence-corrected chi connectivity index (χ4v) is 3.38. The first kappa shape index (κ1) is 43.5. The number of carboxylic acids is 2. The number of fused-ring (bicyclic) bond motifs is 1. The van der Waals surface area contributed by atoms with E-state index in [1.165, 1.54) is 17.0 Å². The van der Waals surface area contributed by atoms with Crippen molar-refractivity contribution in [1.82, 2.24) is 15.3 Å². The molecule has 2 amide bonds. The third kappa shape index (κ3) is 10.9. The number of hydrogen-bond acceptors (Lipinski definition) is 11. The quantitative estimate of drug-likeness (QED) is 0.126. The Labute approximate surface area is 255 Å². The SMILES string of the molecule is Nc1nc2c(c(=O)[nH]1)N(C=O)[C@H](CNc1ccc(C(=O)N[C@@H](CCC(=O)[O-])C(=O)[O-])cc1)CN2.O.O.O.O.O.[Ca+2]. The second-order valence-corrected chi connectivity index (χ2v) is 7.41. The summed E-state index contributed by atoms with van der Waals surface area (Å²) in [4.78, 5) is 65.4. The number of aromatic amines is 1. The molecule has 0 spiro atoms. The van der Waals surface area contributed by atoms with Crippen LogP contribution in [0.3, 0.4) is 0 Å². The maximum atomic E-state index is 12.3. The van der Waals surface area contributed by atoms with Crippen LogP contribution in [0, 0.1) is 0 Å².